The van der Waals surface area contributed by atoms with Gasteiger partial charge in [0.15, 0.2) is 0 Å². The Hall–Kier alpha value is -1.85. The molecule has 0 aromatic heterocycles. The Morgan fingerprint density at radius 1 is 1.00 bits per heavy atom. The smallest absolute Gasteiger partial charge is 0.242 e. The molecular weight excluding hydrogens is 392 g/mol. The van der Waals surface area contributed by atoms with Crippen LogP contribution in [0.25, 0.3) is 11.1 Å². The third kappa shape index (κ3) is 3.38. The Morgan fingerprint density at radius 2 is 1.62 bits per heavy atom. The zero-order valence-electron chi connectivity index (χ0n) is 15.0. The molecule has 1 saturated heterocycles. The molecule has 5 heteroatoms. The molecule has 0 N–H and O–H groups in total. The van der Waals surface area contributed by atoms with Gasteiger partial charge in [-0.15, -0.1) is 0 Å². The Morgan fingerprint density at radius 3 is 2.23 bits per heavy atom. The summed E-state index contributed by atoms with van der Waals surface area (Å²) in [5.74, 6) is 1.15. The molecule has 4 nitrogen and oxygen atoms in total. The predicted molar refractivity (Wildman–Crippen MR) is 106 cm³/mol. The van der Waals surface area contributed by atoms with E-state index in [0.717, 1.165) is 42.7 Å². The molecule has 0 bridgehead atoms. The number of benzene rings is 2. The van der Waals surface area contributed by atoms with Crippen LogP contribution in [0.15, 0.2) is 53.0 Å². The van der Waals surface area contributed by atoms with Crippen molar-refractivity contribution < 1.29 is 9.53 Å². The average molecular weight is 415 g/mol. The third-order valence-electron chi connectivity index (χ3n) is 5.44. The summed E-state index contributed by atoms with van der Waals surface area (Å²) in [7, 11) is 1.91. The minimum absolute atomic E-state index is 0.220. The standard InChI is InChI=1S/C21H23BrN2O2/c1-23-12-13-24(21(10-11-21)20(23)25)14-15-26-19-8-4-17(5-9-19)16-2-6-18(22)7-3-16/h2-9H,10-15H2,1H3. The van der Waals surface area contributed by atoms with E-state index in [-0.39, 0.29) is 11.4 Å². The predicted octanol–water partition coefficient (Wildman–Crippen LogP) is 3.80. The van der Waals surface area contributed by atoms with Gasteiger partial charge in [-0.2, -0.15) is 0 Å². The SMILES string of the molecule is CN1CCN(CCOc2ccc(-c3ccc(Br)cc3)cc2)C2(CC2)C1=O. The van der Waals surface area contributed by atoms with Crippen molar-refractivity contribution in [3.63, 3.8) is 0 Å². The molecule has 26 heavy (non-hydrogen) atoms. The van der Waals surface area contributed by atoms with Gasteiger partial charge in [0.25, 0.3) is 0 Å². The Kier molecular flexibility index (Phi) is 4.76. The molecule has 4 rings (SSSR count). The fourth-order valence-electron chi connectivity index (χ4n) is 3.71. The van der Waals surface area contributed by atoms with Crippen LogP contribution in [0.5, 0.6) is 5.75 Å². The van der Waals surface area contributed by atoms with E-state index in [1.54, 1.807) is 0 Å². The van der Waals surface area contributed by atoms with Crippen LogP contribution in [-0.2, 0) is 4.79 Å². The topological polar surface area (TPSA) is 32.8 Å². The van der Waals surface area contributed by atoms with Crippen molar-refractivity contribution >= 4 is 21.8 Å². The summed E-state index contributed by atoms with van der Waals surface area (Å²) in [6, 6.07) is 16.5. The molecule has 2 aromatic carbocycles. The van der Waals surface area contributed by atoms with Crippen LogP contribution in [0.1, 0.15) is 12.8 Å². The first-order valence-electron chi connectivity index (χ1n) is 9.08. The quantitative estimate of drug-likeness (QED) is 0.745. The molecule has 136 valence electrons. The Balaban J connectivity index is 1.33. The summed E-state index contributed by atoms with van der Waals surface area (Å²) in [5.41, 5.74) is 2.14. The first-order valence-corrected chi connectivity index (χ1v) is 9.87. The maximum Gasteiger partial charge on any atom is 0.242 e. The van der Waals surface area contributed by atoms with Crippen LogP contribution in [0.4, 0.5) is 0 Å². The molecule has 1 heterocycles. The summed E-state index contributed by atoms with van der Waals surface area (Å²) >= 11 is 3.46. The summed E-state index contributed by atoms with van der Waals surface area (Å²) in [6.45, 7) is 3.15. The second kappa shape index (κ2) is 7.05. The summed E-state index contributed by atoms with van der Waals surface area (Å²) in [5, 5.41) is 0. The van der Waals surface area contributed by atoms with Crippen LogP contribution >= 0.6 is 15.9 Å². The average Bonchev–Trinajstić information content (AvgIpc) is 3.45. The molecule has 2 fully saturated rings. The van der Waals surface area contributed by atoms with Crippen LogP contribution in [0.3, 0.4) is 0 Å². The highest BCUT2D eigenvalue weighted by molar-refractivity contribution is 9.10. The molecule has 0 atom stereocenters. The lowest BCUT2D eigenvalue weighted by Gasteiger charge is -2.39. The Bertz CT molecular complexity index is 785. The fraction of sp³-hybridized carbons (Fsp3) is 0.381. The van der Waals surface area contributed by atoms with Crippen molar-refractivity contribution in [3.8, 4) is 16.9 Å². The molecule has 1 aliphatic heterocycles. The van der Waals surface area contributed by atoms with Gasteiger partial charge in [-0.1, -0.05) is 40.2 Å². The number of carbonyl (C=O) groups is 1. The van der Waals surface area contributed by atoms with Gasteiger partial charge in [0, 0.05) is 31.2 Å². The fourth-order valence-corrected chi connectivity index (χ4v) is 3.98. The van der Waals surface area contributed by atoms with E-state index in [1.165, 1.54) is 11.1 Å². The molecular formula is C21H23BrN2O2. The number of carbonyl (C=O) groups excluding carboxylic acids is 1. The number of piperazine rings is 1. The molecule has 2 aliphatic rings. The highest BCUT2D eigenvalue weighted by Gasteiger charge is 2.57. The highest BCUT2D eigenvalue weighted by Crippen LogP contribution is 2.44. The molecule has 1 saturated carbocycles. The first kappa shape index (κ1) is 17.6. The van der Waals surface area contributed by atoms with E-state index in [1.807, 2.05) is 36.2 Å². The summed E-state index contributed by atoms with van der Waals surface area (Å²) in [4.78, 5) is 16.6. The molecule has 0 unspecified atom stereocenters. The van der Waals surface area contributed by atoms with E-state index in [0.29, 0.717) is 6.61 Å². The van der Waals surface area contributed by atoms with Crippen LogP contribution in [0, 0.1) is 0 Å². The monoisotopic (exact) mass is 414 g/mol. The van der Waals surface area contributed by atoms with Gasteiger partial charge in [-0.05, 0) is 48.2 Å². The Labute approximate surface area is 162 Å². The highest BCUT2D eigenvalue weighted by atomic mass is 79.9. The lowest BCUT2D eigenvalue weighted by Crippen LogP contribution is -2.58. The number of nitrogens with zero attached hydrogens (tertiary/aromatic N) is 2. The maximum absolute atomic E-state index is 12.4. The summed E-state index contributed by atoms with van der Waals surface area (Å²) < 4.78 is 7.01. The van der Waals surface area contributed by atoms with E-state index >= 15 is 0 Å². The van der Waals surface area contributed by atoms with Gasteiger partial charge in [0.05, 0.1) is 0 Å². The van der Waals surface area contributed by atoms with Gasteiger partial charge in [0.2, 0.25) is 5.91 Å². The number of likely N-dealkylation sites (N-methyl/N-ethyl adjacent to an activating group) is 1. The lowest BCUT2D eigenvalue weighted by atomic mass is 10.1. The van der Waals surface area contributed by atoms with E-state index < -0.39 is 0 Å². The van der Waals surface area contributed by atoms with Crippen molar-refractivity contribution in [3.05, 3.63) is 53.0 Å². The van der Waals surface area contributed by atoms with Crippen molar-refractivity contribution in [2.45, 2.75) is 18.4 Å². The van der Waals surface area contributed by atoms with Gasteiger partial charge >= 0.3 is 0 Å². The number of halogens is 1. The number of ether oxygens (including phenoxy) is 1. The van der Waals surface area contributed by atoms with Crippen molar-refractivity contribution in [2.24, 2.45) is 0 Å². The van der Waals surface area contributed by atoms with Gasteiger partial charge < -0.3 is 9.64 Å². The maximum atomic E-state index is 12.4. The van der Waals surface area contributed by atoms with Crippen LogP contribution < -0.4 is 4.74 Å². The van der Waals surface area contributed by atoms with Crippen molar-refractivity contribution in [2.75, 3.05) is 33.3 Å². The zero-order chi connectivity index (χ0) is 18.1. The largest absolute Gasteiger partial charge is 0.492 e. The summed E-state index contributed by atoms with van der Waals surface area (Å²) in [6.07, 6.45) is 1.97. The minimum atomic E-state index is -0.220. The van der Waals surface area contributed by atoms with Crippen LogP contribution in [0.2, 0.25) is 0 Å². The normalized spacial score (nSPS) is 19.0. The van der Waals surface area contributed by atoms with Crippen LogP contribution in [-0.4, -0.2) is 54.5 Å². The zero-order valence-corrected chi connectivity index (χ0v) is 16.5. The molecule has 1 amide bonds. The third-order valence-corrected chi connectivity index (χ3v) is 5.97. The number of hydrogen-bond acceptors (Lipinski definition) is 3. The van der Waals surface area contributed by atoms with E-state index in [4.69, 9.17) is 4.74 Å². The second-order valence-electron chi connectivity index (χ2n) is 7.13. The van der Waals surface area contributed by atoms with Gasteiger partial charge in [-0.25, -0.2) is 0 Å². The van der Waals surface area contributed by atoms with E-state index in [2.05, 4.69) is 45.1 Å². The molecule has 1 aliphatic carbocycles. The number of hydrogen-bond donors (Lipinski definition) is 0. The second-order valence-corrected chi connectivity index (χ2v) is 8.04. The van der Waals surface area contributed by atoms with E-state index in [9.17, 15) is 4.79 Å². The van der Waals surface area contributed by atoms with Gasteiger partial charge in [-0.3, -0.25) is 9.69 Å². The molecule has 2 aromatic rings. The van der Waals surface area contributed by atoms with Gasteiger partial charge in [0.1, 0.15) is 17.9 Å². The lowest BCUT2D eigenvalue weighted by molar-refractivity contribution is -0.142. The first-order chi connectivity index (χ1) is 12.6. The molecule has 1 spiro atoms. The number of amides is 1. The minimum Gasteiger partial charge on any atom is -0.492 e. The van der Waals surface area contributed by atoms with Crippen molar-refractivity contribution in [1.82, 2.24) is 9.80 Å². The number of rotatable bonds is 5. The van der Waals surface area contributed by atoms with Crippen molar-refractivity contribution in [1.29, 1.82) is 0 Å². The molecule has 0 radical (unpaired) electrons.